The van der Waals surface area contributed by atoms with Gasteiger partial charge in [-0.05, 0) is 69.8 Å². The molecule has 0 unspecified atom stereocenters. The maximum absolute atomic E-state index is 13.3. The number of nitrogens with one attached hydrogen (secondary N) is 2. The molecule has 0 aromatic carbocycles. The quantitative estimate of drug-likeness (QED) is 0.649. The van der Waals surface area contributed by atoms with E-state index in [0.29, 0.717) is 29.4 Å². The average Bonchev–Trinajstić information content (AvgIpc) is 3.08. The van der Waals surface area contributed by atoms with Gasteiger partial charge in [0.05, 0.1) is 18.3 Å². The number of carbonyl (C=O) groups excluding carboxylic acids is 2. The summed E-state index contributed by atoms with van der Waals surface area (Å²) >= 11 is 0. The third-order valence-corrected chi connectivity index (χ3v) is 6.68. The Kier molecular flexibility index (Phi) is 6.53. The zero-order valence-electron chi connectivity index (χ0n) is 19.9. The van der Waals surface area contributed by atoms with Gasteiger partial charge < -0.3 is 15.4 Å². The van der Waals surface area contributed by atoms with Gasteiger partial charge in [0, 0.05) is 18.7 Å². The van der Waals surface area contributed by atoms with Crippen LogP contribution in [0, 0.1) is 11.3 Å². The third-order valence-electron chi connectivity index (χ3n) is 6.68. The predicted molar refractivity (Wildman–Crippen MR) is 122 cm³/mol. The highest BCUT2D eigenvalue weighted by Crippen LogP contribution is 2.52. The Morgan fingerprint density at radius 1 is 1.23 bits per heavy atom. The highest BCUT2D eigenvalue weighted by atomic mass is 16.5. The molecular formula is C24H38N4O3. The maximum atomic E-state index is 13.3. The Labute approximate surface area is 186 Å². The van der Waals surface area contributed by atoms with Crippen LogP contribution in [0.15, 0.2) is 12.3 Å². The van der Waals surface area contributed by atoms with Crippen molar-refractivity contribution < 1.29 is 14.3 Å². The summed E-state index contributed by atoms with van der Waals surface area (Å²) in [5, 5.41) is 10.6. The Balaban J connectivity index is 1.81. The number of fused-ring (bicyclic) bond motifs is 3. The smallest absolute Gasteiger partial charge is 0.258 e. The molecule has 0 saturated heterocycles. The Morgan fingerprint density at radius 2 is 1.84 bits per heavy atom. The molecule has 2 N–H and O–H groups in total. The highest BCUT2D eigenvalue weighted by Gasteiger charge is 2.47. The van der Waals surface area contributed by atoms with E-state index in [0.717, 1.165) is 19.3 Å². The van der Waals surface area contributed by atoms with Crippen LogP contribution in [0.3, 0.4) is 0 Å². The minimum atomic E-state index is -0.550. The molecular weight excluding hydrogens is 392 g/mol. The first-order valence-corrected chi connectivity index (χ1v) is 11.4. The number of hydrogen-bond donors (Lipinski definition) is 2. The normalized spacial score (nSPS) is 25.8. The summed E-state index contributed by atoms with van der Waals surface area (Å²) in [6.07, 6.45) is 11.8. The van der Waals surface area contributed by atoms with E-state index in [2.05, 4.69) is 36.5 Å². The second-order valence-corrected chi connectivity index (χ2v) is 10.8. The van der Waals surface area contributed by atoms with Crippen molar-refractivity contribution in [1.82, 2.24) is 20.4 Å². The summed E-state index contributed by atoms with van der Waals surface area (Å²) in [5.41, 5.74) is 0.255. The molecule has 2 bridgehead atoms. The van der Waals surface area contributed by atoms with E-state index in [1.54, 1.807) is 17.1 Å². The van der Waals surface area contributed by atoms with E-state index in [4.69, 9.17) is 4.74 Å². The lowest BCUT2D eigenvalue weighted by molar-refractivity contribution is -0.120. The highest BCUT2D eigenvalue weighted by molar-refractivity contribution is 5.97. The molecule has 31 heavy (non-hydrogen) atoms. The Bertz CT molecular complexity index is 828. The Morgan fingerprint density at radius 3 is 2.39 bits per heavy atom. The van der Waals surface area contributed by atoms with Crippen molar-refractivity contribution in [2.24, 2.45) is 11.3 Å². The number of carbonyl (C=O) groups is 2. The van der Waals surface area contributed by atoms with E-state index in [9.17, 15) is 9.59 Å². The van der Waals surface area contributed by atoms with Gasteiger partial charge in [-0.1, -0.05) is 20.8 Å². The van der Waals surface area contributed by atoms with Gasteiger partial charge in [0.15, 0.2) is 0 Å². The molecule has 3 saturated carbocycles. The molecule has 3 aliphatic carbocycles. The second-order valence-electron chi connectivity index (χ2n) is 10.8. The topological polar surface area (TPSA) is 85.2 Å². The van der Waals surface area contributed by atoms with E-state index >= 15 is 0 Å². The van der Waals surface area contributed by atoms with Crippen LogP contribution in [-0.2, 0) is 4.79 Å². The molecule has 2 amide bonds. The summed E-state index contributed by atoms with van der Waals surface area (Å²) in [7, 11) is 0. The number of amides is 2. The largest absolute Gasteiger partial charge is 0.477 e. The van der Waals surface area contributed by atoms with Crippen LogP contribution >= 0.6 is 0 Å². The first-order valence-electron chi connectivity index (χ1n) is 11.4. The van der Waals surface area contributed by atoms with Crippen LogP contribution in [0.5, 0.6) is 5.88 Å². The Hall–Kier alpha value is -2.31. The summed E-state index contributed by atoms with van der Waals surface area (Å²) < 4.78 is 7.60. The molecule has 0 aliphatic heterocycles. The number of nitrogens with zero attached hydrogens (tertiary/aromatic N) is 2. The summed E-state index contributed by atoms with van der Waals surface area (Å²) in [6, 6.07) is 0. The van der Waals surface area contributed by atoms with Crippen LogP contribution in [-0.4, -0.2) is 39.3 Å². The minimum absolute atomic E-state index is 0.102. The molecule has 3 fully saturated rings. The minimum Gasteiger partial charge on any atom is -0.477 e. The van der Waals surface area contributed by atoms with Crippen LogP contribution in [0.25, 0.3) is 6.20 Å². The summed E-state index contributed by atoms with van der Waals surface area (Å²) in [5.74, 6) is 0.521. The van der Waals surface area contributed by atoms with Crippen molar-refractivity contribution >= 4 is 18.0 Å². The van der Waals surface area contributed by atoms with Crippen molar-refractivity contribution in [2.45, 2.75) is 91.1 Å². The number of hydrogen-bond acceptors (Lipinski definition) is 4. The van der Waals surface area contributed by atoms with Gasteiger partial charge in [0.2, 0.25) is 11.8 Å². The lowest BCUT2D eigenvalue weighted by Crippen LogP contribution is -2.56. The van der Waals surface area contributed by atoms with Crippen LogP contribution < -0.4 is 15.4 Å². The molecule has 1 aromatic rings. The molecule has 0 radical (unpaired) electrons. The molecule has 4 rings (SSSR count). The molecule has 7 nitrogen and oxygen atoms in total. The van der Waals surface area contributed by atoms with Gasteiger partial charge in [0.25, 0.3) is 5.91 Å². The summed E-state index contributed by atoms with van der Waals surface area (Å²) in [4.78, 5) is 24.7. The average molecular weight is 431 g/mol. The van der Waals surface area contributed by atoms with Gasteiger partial charge >= 0.3 is 0 Å². The van der Waals surface area contributed by atoms with Gasteiger partial charge in [0.1, 0.15) is 5.56 Å². The van der Waals surface area contributed by atoms with Gasteiger partial charge in [-0.25, -0.2) is 4.68 Å². The molecule has 3 aliphatic rings. The van der Waals surface area contributed by atoms with Crippen molar-refractivity contribution in [3.63, 3.8) is 0 Å². The third kappa shape index (κ3) is 5.69. The van der Waals surface area contributed by atoms with E-state index in [1.807, 2.05) is 19.9 Å². The lowest BCUT2D eigenvalue weighted by atomic mass is 9.58. The van der Waals surface area contributed by atoms with E-state index in [-0.39, 0.29) is 17.4 Å². The fourth-order valence-electron chi connectivity index (χ4n) is 4.62. The first-order chi connectivity index (χ1) is 14.4. The standard InChI is InChI=1S/C24H38N4O3/c1-17(2)16-31-21-19(15-25-28(21)14-13-22(4,5)26-18(3)29)20(30)27-24-10-7-23(6,8-11-24)9-12-24/h13-15,17H,7-12,16H2,1-6H3,(H,26,29)(H,27,30)/b14-13+. The first kappa shape index (κ1) is 23.4. The van der Waals surface area contributed by atoms with Crippen molar-refractivity contribution in [1.29, 1.82) is 0 Å². The van der Waals surface area contributed by atoms with Crippen LogP contribution in [0.2, 0.25) is 0 Å². The van der Waals surface area contributed by atoms with Crippen molar-refractivity contribution in [3.8, 4) is 5.88 Å². The van der Waals surface area contributed by atoms with E-state index in [1.165, 1.54) is 26.2 Å². The molecule has 1 aromatic heterocycles. The molecule has 0 atom stereocenters. The molecule has 0 spiro atoms. The van der Waals surface area contributed by atoms with Gasteiger partial charge in [-0.2, -0.15) is 5.10 Å². The van der Waals surface area contributed by atoms with Gasteiger partial charge in [-0.15, -0.1) is 0 Å². The monoisotopic (exact) mass is 430 g/mol. The van der Waals surface area contributed by atoms with Crippen molar-refractivity contribution in [2.75, 3.05) is 6.61 Å². The molecule has 172 valence electrons. The number of aromatic nitrogens is 2. The van der Waals surface area contributed by atoms with Crippen LogP contribution in [0.1, 0.15) is 90.4 Å². The van der Waals surface area contributed by atoms with Gasteiger partial charge in [-0.3, -0.25) is 9.59 Å². The zero-order chi connectivity index (χ0) is 22.9. The number of rotatable bonds is 8. The predicted octanol–water partition coefficient (Wildman–Crippen LogP) is 4.15. The number of ether oxygens (including phenoxy) is 1. The van der Waals surface area contributed by atoms with Crippen LogP contribution in [0.4, 0.5) is 0 Å². The maximum Gasteiger partial charge on any atom is 0.258 e. The lowest BCUT2D eigenvalue weighted by Gasteiger charge is -2.52. The fourth-order valence-corrected chi connectivity index (χ4v) is 4.62. The SMILES string of the molecule is CC(=O)NC(C)(C)/C=C/n1ncc(C(=O)NC23CCC(C)(CC2)CC3)c1OCC(C)C. The fraction of sp³-hybridized carbons (Fsp3) is 0.708. The zero-order valence-corrected chi connectivity index (χ0v) is 19.9. The second kappa shape index (κ2) is 8.67. The summed E-state index contributed by atoms with van der Waals surface area (Å²) in [6.45, 7) is 12.3. The van der Waals surface area contributed by atoms with Crippen molar-refractivity contribution in [3.05, 3.63) is 17.8 Å². The molecule has 7 heteroatoms. The molecule has 1 heterocycles. The van der Waals surface area contributed by atoms with E-state index < -0.39 is 5.54 Å².